The van der Waals surface area contributed by atoms with Gasteiger partial charge in [0.25, 0.3) is 0 Å². The van der Waals surface area contributed by atoms with Crippen LogP contribution in [0.4, 0.5) is 0 Å². The fraction of sp³-hybridized carbons (Fsp3) is 0.267. The average molecular weight is 595 g/mol. The number of hydrogen-bond acceptors (Lipinski definition) is 4. The fourth-order valence-corrected chi connectivity index (χ4v) is 6.43. The number of H-pyrrole nitrogens is 1. The quantitative estimate of drug-likeness (QED) is 0.148. The van der Waals surface area contributed by atoms with Crippen molar-refractivity contribution in [3.05, 3.63) is 90.6 Å². The van der Waals surface area contributed by atoms with Crippen LogP contribution in [-0.4, -0.2) is 55.8 Å². The van der Waals surface area contributed by atoms with Gasteiger partial charge in [-0.1, -0.05) is 60.7 Å². The number of aromatic amines is 1. The van der Waals surface area contributed by atoms with E-state index in [-0.39, 0.29) is 35.6 Å². The number of carbonyl (C=O) groups excluding carboxylic acids is 1. The number of carbonyl (C=O) groups is 1. The van der Waals surface area contributed by atoms with E-state index in [0.717, 1.165) is 47.0 Å². The number of halogens is 1. The van der Waals surface area contributed by atoms with E-state index in [1.165, 1.54) is 0 Å². The highest BCUT2D eigenvalue weighted by Gasteiger charge is 2.28. The van der Waals surface area contributed by atoms with Gasteiger partial charge in [0.2, 0.25) is 15.9 Å². The van der Waals surface area contributed by atoms with Gasteiger partial charge in [0.15, 0.2) is 5.96 Å². The number of fused-ring (bicyclic) bond motifs is 1. The third-order valence-corrected chi connectivity index (χ3v) is 8.90. The number of benzene rings is 3. The van der Waals surface area contributed by atoms with Crippen molar-refractivity contribution in [2.24, 2.45) is 11.7 Å². The van der Waals surface area contributed by atoms with Crippen LogP contribution in [-0.2, 0) is 21.2 Å². The first-order valence-electron chi connectivity index (χ1n) is 13.4. The molecule has 1 aliphatic heterocycles. The number of rotatable bonds is 9. The number of sulfonamides is 1. The summed E-state index contributed by atoms with van der Waals surface area (Å²) < 4.78 is 29.6. The molecule has 1 fully saturated rings. The monoisotopic (exact) mass is 594 g/mol. The molecule has 1 unspecified atom stereocenters. The number of para-hydroxylation sites is 1. The van der Waals surface area contributed by atoms with E-state index in [9.17, 15) is 13.2 Å². The Balaban J connectivity index is 0.00000387. The SMILES string of the molecule is Cl.N=C(N)N1CCCC(CNC(=O)[C@@H](Cc2c[nH]c3ccccc23)NS(=O)(=O)c2ccc(-c3ccccc3)cc2)C1. The second kappa shape index (κ2) is 13.2. The zero-order valence-corrected chi connectivity index (χ0v) is 24.2. The summed E-state index contributed by atoms with van der Waals surface area (Å²) in [5.41, 5.74) is 9.32. The summed E-state index contributed by atoms with van der Waals surface area (Å²) in [4.78, 5) is 18.6. The average Bonchev–Trinajstić information content (AvgIpc) is 3.39. The summed E-state index contributed by atoms with van der Waals surface area (Å²) in [6.07, 6.45) is 3.78. The van der Waals surface area contributed by atoms with Crippen molar-refractivity contribution >= 4 is 45.2 Å². The van der Waals surface area contributed by atoms with Crippen LogP contribution in [0, 0.1) is 11.3 Å². The molecule has 1 amide bonds. The fourth-order valence-electron chi connectivity index (χ4n) is 5.24. The lowest BCUT2D eigenvalue weighted by Crippen LogP contribution is -2.51. The molecular formula is C30H35ClN6O3S. The van der Waals surface area contributed by atoms with Crippen LogP contribution < -0.4 is 15.8 Å². The predicted molar refractivity (Wildman–Crippen MR) is 164 cm³/mol. The van der Waals surface area contributed by atoms with E-state index >= 15 is 0 Å². The molecule has 1 aliphatic rings. The van der Waals surface area contributed by atoms with Gasteiger partial charge in [-0.05, 0) is 60.1 Å². The molecule has 1 saturated heterocycles. The number of nitrogens with two attached hydrogens (primary N) is 1. The first kappa shape index (κ1) is 30.1. The summed E-state index contributed by atoms with van der Waals surface area (Å²) >= 11 is 0. The van der Waals surface area contributed by atoms with Gasteiger partial charge in [-0.3, -0.25) is 10.2 Å². The predicted octanol–water partition coefficient (Wildman–Crippen LogP) is 3.87. The number of nitrogens with one attached hydrogen (secondary N) is 4. The molecular weight excluding hydrogens is 560 g/mol. The largest absolute Gasteiger partial charge is 0.370 e. The molecule has 2 heterocycles. The van der Waals surface area contributed by atoms with Gasteiger partial charge in [-0.25, -0.2) is 8.42 Å². The lowest BCUT2D eigenvalue weighted by atomic mass is 9.98. The molecule has 4 aromatic rings. The van der Waals surface area contributed by atoms with Gasteiger partial charge >= 0.3 is 0 Å². The Morgan fingerprint density at radius 1 is 1.02 bits per heavy atom. The van der Waals surface area contributed by atoms with E-state index in [0.29, 0.717) is 13.1 Å². The number of piperidine rings is 1. The normalized spacial score (nSPS) is 16.1. The molecule has 2 atom stereocenters. The minimum absolute atomic E-state index is 0. The van der Waals surface area contributed by atoms with E-state index in [2.05, 4.69) is 15.0 Å². The minimum atomic E-state index is -4.00. The number of nitrogens with zero attached hydrogens (tertiary/aromatic N) is 1. The zero-order valence-electron chi connectivity index (χ0n) is 22.5. The number of aromatic nitrogens is 1. The molecule has 0 aliphatic carbocycles. The molecule has 9 nitrogen and oxygen atoms in total. The Morgan fingerprint density at radius 3 is 2.44 bits per heavy atom. The maximum atomic E-state index is 13.5. The first-order chi connectivity index (χ1) is 19.3. The molecule has 3 aromatic carbocycles. The molecule has 0 bridgehead atoms. The molecule has 41 heavy (non-hydrogen) atoms. The van der Waals surface area contributed by atoms with Gasteiger partial charge in [0, 0.05) is 36.7 Å². The van der Waals surface area contributed by atoms with Crippen molar-refractivity contribution in [1.82, 2.24) is 19.9 Å². The van der Waals surface area contributed by atoms with E-state index < -0.39 is 22.0 Å². The van der Waals surface area contributed by atoms with E-state index in [1.807, 2.05) is 60.8 Å². The molecule has 6 N–H and O–H groups in total. The van der Waals surface area contributed by atoms with Crippen LogP contribution in [0.5, 0.6) is 0 Å². The summed E-state index contributed by atoms with van der Waals surface area (Å²) in [6, 6.07) is 23.1. The van der Waals surface area contributed by atoms with Gasteiger partial charge in [0.1, 0.15) is 6.04 Å². The maximum absolute atomic E-state index is 13.5. The summed E-state index contributed by atoms with van der Waals surface area (Å²) in [7, 11) is -4.00. The second-order valence-electron chi connectivity index (χ2n) is 10.2. The van der Waals surface area contributed by atoms with E-state index in [1.54, 1.807) is 29.2 Å². The Labute approximate surface area is 246 Å². The van der Waals surface area contributed by atoms with Crippen LogP contribution in [0.25, 0.3) is 22.0 Å². The minimum Gasteiger partial charge on any atom is -0.370 e. The zero-order chi connectivity index (χ0) is 28.1. The van der Waals surface area contributed by atoms with Crippen molar-refractivity contribution in [1.29, 1.82) is 5.41 Å². The van der Waals surface area contributed by atoms with Gasteiger partial charge in [0.05, 0.1) is 4.90 Å². The van der Waals surface area contributed by atoms with Crippen molar-refractivity contribution < 1.29 is 13.2 Å². The van der Waals surface area contributed by atoms with Crippen molar-refractivity contribution in [3.63, 3.8) is 0 Å². The van der Waals surface area contributed by atoms with Crippen molar-refractivity contribution in [2.75, 3.05) is 19.6 Å². The number of amides is 1. The molecule has 5 rings (SSSR count). The maximum Gasteiger partial charge on any atom is 0.241 e. The number of guanidine groups is 1. The summed E-state index contributed by atoms with van der Waals surface area (Å²) in [6.45, 7) is 1.69. The van der Waals surface area contributed by atoms with Gasteiger partial charge in [-0.15, -0.1) is 12.4 Å². The first-order valence-corrected chi connectivity index (χ1v) is 14.9. The lowest BCUT2D eigenvalue weighted by Gasteiger charge is -2.33. The highest BCUT2D eigenvalue weighted by Crippen LogP contribution is 2.23. The molecule has 0 spiro atoms. The highest BCUT2D eigenvalue weighted by atomic mass is 35.5. The molecule has 0 radical (unpaired) electrons. The Bertz CT molecular complexity index is 1590. The van der Waals surface area contributed by atoms with Crippen molar-refractivity contribution in [2.45, 2.75) is 30.2 Å². The topological polar surface area (TPSA) is 144 Å². The number of likely N-dealkylation sites (tertiary alicyclic amines) is 1. The van der Waals surface area contributed by atoms with Crippen LogP contribution in [0.1, 0.15) is 18.4 Å². The standard InChI is InChI=1S/C30H34N6O3S.ClH/c31-30(32)36-16-6-7-21(20-36)18-34-29(37)28(17-24-19-33-27-11-5-4-10-26(24)27)35-40(38,39)25-14-12-23(13-15-25)22-8-2-1-3-9-22;/h1-5,8-15,19,21,28,33,35H,6-7,16-18,20H2,(H3,31,32)(H,34,37);1H/t21?,28-;/m1./s1. The second-order valence-corrected chi connectivity index (χ2v) is 11.9. The third-order valence-electron chi connectivity index (χ3n) is 7.41. The van der Waals surface area contributed by atoms with Crippen LogP contribution in [0.3, 0.4) is 0 Å². The molecule has 11 heteroatoms. The summed E-state index contributed by atoms with van der Waals surface area (Å²) in [5.74, 6) is -0.244. The van der Waals surface area contributed by atoms with Gasteiger partial charge < -0.3 is 20.9 Å². The molecule has 1 aromatic heterocycles. The van der Waals surface area contributed by atoms with Crippen LogP contribution >= 0.6 is 12.4 Å². The lowest BCUT2D eigenvalue weighted by molar-refractivity contribution is -0.122. The molecule has 216 valence electrons. The third kappa shape index (κ3) is 7.27. The smallest absolute Gasteiger partial charge is 0.241 e. The van der Waals surface area contributed by atoms with Crippen molar-refractivity contribution in [3.8, 4) is 11.1 Å². The number of hydrogen-bond donors (Lipinski definition) is 5. The highest BCUT2D eigenvalue weighted by molar-refractivity contribution is 7.89. The van der Waals surface area contributed by atoms with Crippen LogP contribution in [0.2, 0.25) is 0 Å². The summed E-state index contributed by atoms with van der Waals surface area (Å²) in [5, 5.41) is 11.6. The van der Waals surface area contributed by atoms with Crippen LogP contribution in [0.15, 0.2) is 90.0 Å². The Hall–Kier alpha value is -3.86. The van der Waals surface area contributed by atoms with E-state index in [4.69, 9.17) is 11.1 Å². The Kier molecular flexibility index (Phi) is 9.69. The van der Waals surface area contributed by atoms with Gasteiger partial charge in [-0.2, -0.15) is 4.72 Å². The molecule has 0 saturated carbocycles. The Morgan fingerprint density at radius 2 is 1.71 bits per heavy atom.